The number of halogens is 4. The number of hydrogen-bond donors (Lipinski definition) is 4. The number of oxazole rings is 1. The van der Waals surface area contributed by atoms with Gasteiger partial charge in [-0.3, -0.25) is 15.1 Å². The number of anilines is 1. The Balaban J connectivity index is 1.30. The normalized spacial score (nSPS) is 13.9. The summed E-state index contributed by atoms with van der Waals surface area (Å²) >= 11 is 0. The third-order valence-corrected chi connectivity index (χ3v) is 5.54. The molecule has 0 saturated heterocycles. The largest absolute Gasteiger partial charge is 0.494 e. The molecule has 202 valence electrons. The quantitative estimate of drug-likeness (QED) is 0.134. The molecule has 1 aromatic heterocycles. The van der Waals surface area contributed by atoms with E-state index in [1.54, 1.807) is 24.3 Å². The van der Waals surface area contributed by atoms with Gasteiger partial charge >= 0.3 is 5.97 Å². The van der Waals surface area contributed by atoms with Crippen LogP contribution in [0.5, 0.6) is 5.75 Å². The van der Waals surface area contributed by atoms with Crippen molar-refractivity contribution in [1.29, 1.82) is 0 Å². The van der Waals surface area contributed by atoms with Gasteiger partial charge in [0.15, 0.2) is 28.7 Å². The first-order chi connectivity index (χ1) is 18.2. The van der Waals surface area contributed by atoms with Crippen molar-refractivity contribution in [2.45, 2.75) is 31.7 Å². The van der Waals surface area contributed by atoms with Gasteiger partial charge in [0.2, 0.25) is 17.5 Å². The Kier molecular flexibility index (Phi) is 8.28. The number of carbonyl (C=O) groups excluding carboxylic acids is 1. The van der Waals surface area contributed by atoms with Crippen LogP contribution in [0.25, 0.3) is 11.1 Å². The predicted molar refractivity (Wildman–Crippen MR) is 127 cm³/mol. The number of aliphatic imine (C=N–C) groups is 1. The minimum absolute atomic E-state index is 0.0971. The summed E-state index contributed by atoms with van der Waals surface area (Å²) < 4.78 is 65.2. The molecule has 0 radical (unpaired) electrons. The van der Waals surface area contributed by atoms with Crippen LogP contribution in [0.3, 0.4) is 0 Å². The van der Waals surface area contributed by atoms with Gasteiger partial charge in [0.05, 0.1) is 6.61 Å². The van der Waals surface area contributed by atoms with Crippen molar-refractivity contribution in [3.8, 4) is 5.75 Å². The summed E-state index contributed by atoms with van der Waals surface area (Å²) in [4.78, 5) is 31.4. The number of carboxylic acids is 1. The first-order valence-corrected chi connectivity index (χ1v) is 11.6. The van der Waals surface area contributed by atoms with Crippen LogP contribution in [-0.4, -0.2) is 53.7 Å². The van der Waals surface area contributed by atoms with Crippen molar-refractivity contribution >= 4 is 35.0 Å². The summed E-state index contributed by atoms with van der Waals surface area (Å²) in [7, 11) is 0. The lowest BCUT2D eigenvalue weighted by molar-refractivity contribution is -0.138. The third-order valence-electron chi connectivity index (χ3n) is 5.54. The molecule has 0 bridgehead atoms. The Hall–Kier alpha value is -4.36. The second kappa shape index (κ2) is 11.8. The van der Waals surface area contributed by atoms with E-state index in [0.29, 0.717) is 30.2 Å². The highest BCUT2D eigenvalue weighted by Crippen LogP contribution is 2.29. The summed E-state index contributed by atoms with van der Waals surface area (Å²) in [5.41, 5.74) is -1.33. The van der Waals surface area contributed by atoms with Crippen molar-refractivity contribution in [3.05, 3.63) is 53.1 Å². The van der Waals surface area contributed by atoms with Crippen molar-refractivity contribution < 1.29 is 41.4 Å². The predicted octanol–water partition coefficient (Wildman–Crippen LogP) is 3.12. The molecule has 4 N–H and O–H groups in total. The summed E-state index contributed by atoms with van der Waals surface area (Å²) in [6, 6.07) is 4.49. The molecule has 10 nitrogen and oxygen atoms in total. The minimum atomic E-state index is -2.07. The van der Waals surface area contributed by atoms with Crippen molar-refractivity contribution in [1.82, 2.24) is 15.6 Å². The number of benzene rings is 2. The maximum absolute atomic E-state index is 13.9. The average molecular weight is 537 g/mol. The van der Waals surface area contributed by atoms with Gasteiger partial charge in [-0.05, 0) is 30.5 Å². The number of fused-ring (bicyclic) bond motifs is 1. The number of carbonyl (C=O) groups is 2. The molecule has 1 aliphatic heterocycles. The lowest BCUT2D eigenvalue weighted by Crippen LogP contribution is -2.43. The summed E-state index contributed by atoms with van der Waals surface area (Å²) in [5, 5.41) is 17.6. The highest BCUT2D eigenvalue weighted by molar-refractivity contribution is 5.97. The van der Waals surface area contributed by atoms with E-state index in [0.717, 1.165) is 13.0 Å². The fraction of sp³-hybridized carbons (Fsp3) is 0.333. The van der Waals surface area contributed by atoms with Crippen LogP contribution in [0, 0.1) is 23.3 Å². The van der Waals surface area contributed by atoms with Crippen LogP contribution < -0.4 is 20.7 Å². The molecule has 1 aliphatic rings. The van der Waals surface area contributed by atoms with Gasteiger partial charge < -0.3 is 24.9 Å². The fourth-order valence-corrected chi connectivity index (χ4v) is 3.62. The monoisotopic (exact) mass is 537 g/mol. The van der Waals surface area contributed by atoms with Gasteiger partial charge in [0.25, 0.3) is 6.01 Å². The number of nitrogens with one attached hydrogen (secondary N) is 3. The Morgan fingerprint density at radius 2 is 1.84 bits per heavy atom. The Bertz CT molecular complexity index is 1320. The smallest absolute Gasteiger partial charge is 0.326 e. The number of amides is 1. The number of rotatable bonds is 10. The topological polar surface area (TPSA) is 138 Å². The van der Waals surface area contributed by atoms with E-state index in [-0.39, 0.29) is 25.4 Å². The van der Waals surface area contributed by atoms with Gasteiger partial charge in [0, 0.05) is 25.9 Å². The minimum Gasteiger partial charge on any atom is -0.494 e. The second-order valence-electron chi connectivity index (χ2n) is 8.35. The van der Waals surface area contributed by atoms with Gasteiger partial charge in [-0.1, -0.05) is 12.1 Å². The number of hydrogen-bond acceptors (Lipinski definition) is 8. The number of nitrogens with zero attached hydrogens (tertiary/aromatic N) is 2. The molecule has 0 aliphatic carbocycles. The SMILES string of the molecule is O=C(CCCOc1ccc(CC(Nc2nc3c(F)c(F)c(F)c(F)c3o2)C(=O)O)cc1)NC1=NCCCN1. The number of guanidine groups is 1. The Morgan fingerprint density at radius 3 is 2.53 bits per heavy atom. The highest BCUT2D eigenvalue weighted by Gasteiger charge is 2.27. The van der Waals surface area contributed by atoms with Crippen LogP contribution in [0.2, 0.25) is 0 Å². The molecule has 1 atom stereocenters. The molecule has 1 amide bonds. The maximum atomic E-state index is 13.9. The molecule has 0 saturated carbocycles. The average Bonchev–Trinajstić information content (AvgIpc) is 3.34. The maximum Gasteiger partial charge on any atom is 0.326 e. The van der Waals surface area contributed by atoms with E-state index in [1.165, 1.54) is 0 Å². The molecular weight excluding hydrogens is 514 g/mol. The van der Waals surface area contributed by atoms with E-state index in [2.05, 4.69) is 25.9 Å². The molecule has 4 rings (SSSR count). The highest BCUT2D eigenvalue weighted by atomic mass is 19.2. The molecule has 1 unspecified atom stereocenters. The zero-order valence-corrected chi connectivity index (χ0v) is 19.8. The zero-order chi connectivity index (χ0) is 27.2. The number of carboxylic acid groups (broad SMARTS) is 1. The van der Waals surface area contributed by atoms with Crippen LogP contribution in [0.15, 0.2) is 33.7 Å². The van der Waals surface area contributed by atoms with Crippen LogP contribution in [0.1, 0.15) is 24.8 Å². The van der Waals surface area contributed by atoms with E-state index in [1.807, 2.05) is 0 Å². The third kappa shape index (κ3) is 6.30. The van der Waals surface area contributed by atoms with Crippen LogP contribution in [0.4, 0.5) is 23.6 Å². The van der Waals surface area contributed by atoms with Crippen molar-refractivity contribution in [3.63, 3.8) is 0 Å². The fourth-order valence-electron chi connectivity index (χ4n) is 3.62. The second-order valence-corrected chi connectivity index (χ2v) is 8.35. The molecule has 0 fully saturated rings. The van der Waals surface area contributed by atoms with Crippen molar-refractivity contribution in [2.75, 3.05) is 25.0 Å². The molecule has 0 spiro atoms. The molecule has 2 heterocycles. The van der Waals surface area contributed by atoms with Crippen LogP contribution in [-0.2, 0) is 16.0 Å². The van der Waals surface area contributed by atoms with E-state index in [9.17, 15) is 32.3 Å². The Labute approximate surface area is 213 Å². The van der Waals surface area contributed by atoms with Gasteiger partial charge in [-0.2, -0.15) is 9.37 Å². The molecular formula is C24H23F4N5O5. The summed E-state index contributed by atoms with van der Waals surface area (Å²) in [5.74, 6) is -8.19. The van der Waals surface area contributed by atoms with Crippen molar-refractivity contribution in [2.24, 2.45) is 4.99 Å². The Morgan fingerprint density at radius 1 is 1.11 bits per heavy atom. The summed E-state index contributed by atoms with van der Waals surface area (Å²) in [6.07, 6.45) is 1.53. The number of aliphatic carboxylic acids is 1. The first-order valence-electron chi connectivity index (χ1n) is 11.6. The molecule has 2 aromatic carbocycles. The van der Waals surface area contributed by atoms with E-state index in [4.69, 9.17) is 9.15 Å². The molecule has 38 heavy (non-hydrogen) atoms. The standard InChI is InChI=1S/C24H23F4N5O5/c25-16-17(26)19(28)21-20(18(16)27)33-24(38-21)31-14(22(35)36)11-12-4-6-13(7-5-12)37-10-1-3-15(34)32-23-29-8-2-9-30-23/h4-7,14H,1-3,8-11H2,(H,31,33)(H,35,36)(H2,29,30,32,34). The molecule has 14 heteroatoms. The summed E-state index contributed by atoms with van der Waals surface area (Å²) in [6.45, 7) is 1.71. The van der Waals surface area contributed by atoms with Gasteiger partial charge in [-0.15, -0.1) is 0 Å². The lowest BCUT2D eigenvalue weighted by atomic mass is 10.1. The van der Waals surface area contributed by atoms with E-state index >= 15 is 0 Å². The first kappa shape index (κ1) is 26.7. The van der Waals surface area contributed by atoms with Gasteiger partial charge in [-0.25, -0.2) is 18.0 Å². The number of aromatic nitrogens is 1. The van der Waals surface area contributed by atoms with Gasteiger partial charge in [0.1, 0.15) is 11.8 Å². The van der Waals surface area contributed by atoms with E-state index < -0.39 is 52.4 Å². The lowest BCUT2D eigenvalue weighted by Gasteiger charge is -2.15. The van der Waals surface area contributed by atoms with Crippen LogP contribution >= 0.6 is 0 Å². The zero-order valence-electron chi connectivity index (χ0n) is 19.8. The number of ether oxygens (including phenoxy) is 1. The molecule has 3 aromatic rings.